The van der Waals surface area contributed by atoms with Gasteiger partial charge in [-0.3, -0.25) is 9.59 Å². The number of ketones is 1. The van der Waals surface area contributed by atoms with Gasteiger partial charge in [0.05, 0.1) is 18.7 Å². The van der Waals surface area contributed by atoms with Gasteiger partial charge in [0.15, 0.2) is 0 Å². The lowest BCUT2D eigenvalue weighted by atomic mass is 9.85. The Bertz CT molecular complexity index is 1150. The highest BCUT2D eigenvalue weighted by atomic mass is 16.5. The molecule has 1 saturated heterocycles. The van der Waals surface area contributed by atoms with Crippen molar-refractivity contribution in [1.82, 2.24) is 9.80 Å². The predicted molar refractivity (Wildman–Crippen MR) is 149 cm³/mol. The van der Waals surface area contributed by atoms with Gasteiger partial charge in [0.1, 0.15) is 11.5 Å². The number of methoxy groups -OCH3 is 1. The zero-order valence-electron chi connectivity index (χ0n) is 23.6. The van der Waals surface area contributed by atoms with Gasteiger partial charge in [-0.2, -0.15) is 0 Å². The van der Waals surface area contributed by atoms with Gasteiger partial charge in [-0.15, -0.1) is 0 Å². The first-order chi connectivity index (χ1) is 17.4. The monoisotopic (exact) mass is 506 g/mol. The zero-order valence-corrected chi connectivity index (χ0v) is 23.6. The van der Waals surface area contributed by atoms with E-state index in [0.717, 1.165) is 35.5 Å². The van der Waals surface area contributed by atoms with Gasteiger partial charge in [-0.25, -0.2) is 0 Å². The number of nitrogens with zero attached hydrogens (tertiary/aromatic N) is 2. The van der Waals surface area contributed by atoms with E-state index in [0.29, 0.717) is 18.7 Å². The summed E-state index contributed by atoms with van der Waals surface area (Å²) in [6, 6.07) is 12.8. The van der Waals surface area contributed by atoms with Gasteiger partial charge in [0, 0.05) is 18.7 Å². The number of likely N-dealkylation sites (N-methyl/N-ethyl adjacent to an activating group) is 1. The standard InChI is InChI=1S/C31H42N2O4/c1-9-32(10-2)17-18-33-27(21-11-14-23(15-12-21)31(5,6)7)26(29(35)30(33)36)28(34)22-13-16-25(37-8)24(19-22)20(3)4/h11-16,19-20,27,34H,9-10,17-18H2,1-8H3/b28-26-. The molecule has 1 unspecified atom stereocenters. The molecule has 1 amide bonds. The predicted octanol–water partition coefficient (Wildman–Crippen LogP) is 5.88. The van der Waals surface area contributed by atoms with E-state index in [-0.39, 0.29) is 22.7 Å². The number of carbonyl (C=O) groups excluding carboxylic acids is 2. The molecule has 2 aromatic carbocycles. The van der Waals surface area contributed by atoms with Gasteiger partial charge < -0.3 is 19.6 Å². The summed E-state index contributed by atoms with van der Waals surface area (Å²) in [6.07, 6.45) is 0. The number of carbonyl (C=O) groups is 2. The van der Waals surface area contributed by atoms with E-state index in [4.69, 9.17) is 4.74 Å². The molecule has 1 aliphatic rings. The lowest BCUT2D eigenvalue weighted by molar-refractivity contribution is -0.140. The first-order valence-corrected chi connectivity index (χ1v) is 13.2. The maximum absolute atomic E-state index is 13.4. The minimum absolute atomic E-state index is 0.0283. The van der Waals surface area contributed by atoms with Crippen molar-refractivity contribution in [3.8, 4) is 5.75 Å². The zero-order chi connectivity index (χ0) is 27.5. The normalized spacial score (nSPS) is 17.8. The van der Waals surface area contributed by atoms with Gasteiger partial charge >= 0.3 is 0 Å². The number of likely N-dealkylation sites (tertiary alicyclic amines) is 1. The van der Waals surface area contributed by atoms with Crippen molar-refractivity contribution in [2.75, 3.05) is 33.3 Å². The summed E-state index contributed by atoms with van der Waals surface area (Å²) in [5, 5.41) is 11.5. The molecular formula is C31H42N2O4. The fourth-order valence-electron chi connectivity index (χ4n) is 4.90. The highest BCUT2D eigenvalue weighted by Crippen LogP contribution is 2.41. The number of aliphatic hydroxyl groups is 1. The number of aliphatic hydroxyl groups excluding tert-OH is 1. The number of hydrogen-bond acceptors (Lipinski definition) is 5. The Kier molecular flexibility index (Phi) is 8.85. The minimum Gasteiger partial charge on any atom is -0.507 e. The average Bonchev–Trinajstić information content (AvgIpc) is 3.13. The van der Waals surface area contributed by atoms with E-state index in [1.165, 1.54) is 0 Å². The van der Waals surface area contributed by atoms with Crippen molar-refractivity contribution in [3.05, 3.63) is 70.3 Å². The Hall–Kier alpha value is -3.12. The molecule has 1 N–H and O–H groups in total. The topological polar surface area (TPSA) is 70.1 Å². The van der Waals surface area contributed by atoms with E-state index in [2.05, 4.69) is 39.5 Å². The minimum atomic E-state index is -0.658. The lowest BCUT2D eigenvalue weighted by Crippen LogP contribution is -2.38. The number of ether oxygens (including phenoxy) is 1. The van der Waals surface area contributed by atoms with Gasteiger partial charge in [0.2, 0.25) is 0 Å². The smallest absolute Gasteiger partial charge is 0.295 e. The second kappa shape index (κ2) is 11.5. The van der Waals surface area contributed by atoms with Crippen LogP contribution in [0.3, 0.4) is 0 Å². The molecule has 3 rings (SSSR count). The molecular weight excluding hydrogens is 464 g/mol. The molecule has 200 valence electrons. The molecule has 0 saturated carbocycles. The lowest BCUT2D eigenvalue weighted by Gasteiger charge is -2.29. The van der Waals surface area contributed by atoms with Gasteiger partial charge in [-0.05, 0) is 59.3 Å². The third kappa shape index (κ3) is 5.90. The second-order valence-corrected chi connectivity index (χ2v) is 11.0. The third-order valence-electron chi connectivity index (χ3n) is 7.31. The molecule has 2 aromatic rings. The SMILES string of the molecule is CCN(CC)CCN1C(=O)C(=O)/C(=C(\O)c2ccc(OC)c(C(C)C)c2)C1c1ccc(C(C)(C)C)cc1. The Morgan fingerprint density at radius 1 is 1.05 bits per heavy atom. The van der Waals surface area contributed by atoms with Crippen LogP contribution < -0.4 is 4.74 Å². The van der Waals surface area contributed by atoms with Crippen LogP contribution in [0, 0.1) is 0 Å². The van der Waals surface area contributed by atoms with Crippen LogP contribution in [0.1, 0.15) is 82.7 Å². The second-order valence-electron chi connectivity index (χ2n) is 11.0. The molecule has 0 bridgehead atoms. The molecule has 0 spiro atoms. The fraction of sp³-hybridized carbons (Fsp3) is 0.484. The Morgan fingerprint density at radius 3 is 2.19 bits per heavy atom. The molecule has 1 aliphatic heterocycles. The molecule has 0 aliphatic carbocycles. The molecule has 6 heteroatoms. The highest BCUT2D eigenvalue weighted by Gasteiger charge is 2.46. The van der Waals surface area contributed by atoms with Crippen LogP contribution in [0.25, 0.3) is 5.76 Å². The van der Waals surface area contributed by atoms with Crippen molar-refractivity contribution in [2.24, 2.45) is 0 Å². The van der Waals surface area contributed by atoms with E-state index in [1.807, 2.05) is 44.2 Å². The summed E-state index contributed by atoms with van der Waals surface area (Å²) in [7, 11) is 1.61. The molecule has 0 aromatic heterocycles. The van der Waals surface area contributed by atoms with E-state index in [1.54, 1.807) is 24.1 Å². The Morgan fingerprint density at radius 2 is 1.68 bits per heavy atom. The summed E-state index contributed by atoms with van der Waals surface area (Å²) >= 11 is 0. The molecule has 37 heavy (non-hydrogen) atoms. The van der Waals surface area contributed by atoms with Crippen molar-refractivity contribution in [1.29, 1.82) is 0 Å². The largest absolute Gasteiger partial charge is 0.507 e. The van der Waals surface area contributed by atoms with Crippen molar-refractivity contribution in [3.63, 3.8) is 0 Å². The van der Waals surface area contributed by atoms with Crippen LogP contribution >= 0.6 is 0 Å². The average molecular weight is 507 g/mol. The van der Waals surface area contributed by atoms with Crippen molar-refractivity contribution < 1.29 is 19.4 Å². The molecule has 1 fully saturated rings. The maximum atomic E-state index is 13.4. The maximum Gasteiger partial charge on any atom is 0.295 e. The number of hydrogen-bond donors (Lipinski definition) is 1. The third-order valence-corrected chi connectivity index (χ3v) is 7.31. The summed E-state index contributed by atoms with van der Waals surface area (Å²) < 4.78 is 5.50. The van der Waals surface area contributed by atoms with Crippen LogP contribution in [-0.2, 0) is 15.0 Å². The van der Waals surface area contributed by atoms with Crippen LogP contribution in [0.5, 0.6) is 5.75 Å². The molecule has 6 nitrogen and oxygen atoms in total. The summed E-state index contributed by atoms with van der Waals surface area (Å²) in [5.41, 5.74) is 3.50. The Labute approximate surface area is 221 Å². The first kappa shape index (κ1) is 28.5. The summed E-state index contributed by atoms with van der Waals surface area (Å²) in [6.45, 7) is 17.5. The number of amides is 1. The quantitative estimate of drug-likeness (QED) is 0.261. The number of rotatable bonds is 9. The molecule has 1 heterocycles. The van der Waals surface area contributed by atoms with Crippen LogP contribution in [0.2, 0.25) is 0 Å². The number of Topliss-reactive ketones (excluding diaryl/α,β-unsaturated/α-hetero) is 1. The first-order valence-electron chi connectivity index (χ1n) is 13.2. The van der Waals surface area contributed by atoms with E-state index >= 15 is 0 Å². The van der Waals surface area contributed by atoms with Gasteiger partial charge in [0.25, 0.3) is 11.7 Å². The van der Waals surface area contributed by atoms with Crippen molar-refractivity contribution in [2.45, 2.75) is 65.8 Å². The summed E-state index contributed by atoms with van der Waals surface area (Å²) in [4.78, 5) is 30.6. The van der Waals surface area contributed by atoms with Crippen molar-refractivity contribution >= 4 is 17.4 Å². The molecule has 0 radical (unpaired) electrons. The summed E-state index contributed by atoms with van der Waals surface area (Å²) in [5.74, 6) is -0.501. The Balaban J connectivity index is 2.16. The van der Waals surface area contributed by atoms with Crippen LogP contribution in [-0.4, -0.2) is 59.9 Å². The van der Waals surface area contributed by atoms with E-state index < -0.39 is 17.7 Å². The highest BCUT2D eigenvalue weighted by molar-refractivity contribution is 6.46. The van der Waals surface area contributed by atoms with Gasteiger partial charge in [-0.1, -0.05) is 72.7 Å². The van der Waals surface area contributed by atoms with E-state index in [9.17, 15) is 14.7 Å². The fourth-order valence-corrected chi connectivity index (χ4v) is 4.90. The van der Waals surface area contributed by atoms with Crippen LogP contribution in [0.15, 0.2) is 48.0 Å². The van der Waals surface area contributed by atoms with Crippen LogP contribution in [0.4, 0.5) is 0 Å². The number of benzene rings is 2. The molecule has 1 atom stereocenters.